The number of nitrogens with zero attached hydrogens (tertiary/aromatic N) is 3. The molecule has 2 aromatic rings. The smallest absolute Gasteiger partial charge is 0.409 e. The van der Waals surface area contributed by atoms with Crippen LogP contribution in [-0.2, 0) is 16.0 Å². The number of aromatic nitrogens is 2. The third-order valence-corrected chi connectivity index (χ3v) is 5.32. The predicted octanol–water partition coefficient (Wildman–Crippen LogP) is 2.90. The molecule has 27 heavy (non-hydrogen) atoms. The Morgan fingerprint density at radius 1 is 1.37 bits per heavy atom. The second kappa shape index (κ2) is 7.42. The van der Waals surface area contributed by atoms with Crippen LogP contribution in [0.2, 0.25) is 0 Å². The van der Waals surface area contributed by atoms with Crippen molar-refractivity contribution < 1.29 is 14.3 Å². The summed E-state index contributed by atoms with van der Waals surface area (Å²) >= 11 is 0. The molecule has 1 N–H and O–H groups in total. The average molecular weight is 368 g/mol. The SMILES string of the molecule is Cc1cnn(C2CCCc3ccccc32)c1NC(=O)CCN1CCOC1=O. The fourth-order valence-corrected chi connectivity index (χ4v) is 3.88. The van der Waals surface area contributed by atoms with Gasteiger partial charge >= 0.3 is 6.09 Å². The molecule has 1 saturated heterocycles. The maximum Gasteiger partial charge on any atom is 0.409 e. The lowest BCUT2D eigenvalue weighted by atomic mass is 9.88. The summed E-state index contributed by atoms with van der Waals surface area (Å²) in [6.45, 7) is 3.26. The van der Waals surface area contributed by atoms with E-state index in [0.29, 0.717) is 19.7 Å². The molecule has 0 radical (unpaired) electrons. The average Bonchev–Trinajstić information content (AvgIpc) is 3.25. The minimum absolute atomic E-state index is 0.122. The van der Waals surface area contributed by atoms with Crippen LogP contribution in [0.4, 0.5) is 10.6 Å². The number of rotatable bonds is 5. The van der Waals surface area contributed by atoms with Crippen molar-refractivity contribution in [2.24, 2.45) is 0 Å². The molecule has 1 aromatic heterocycles. The van der Waals surface area contributed by atoms with Crippen molar-refractivity contribution in [2.45, 2.75) is 38.6 Å². The quantitative estimate of drug-likeness (QED) is 0.880. The van der Waals surface area contributed by atoms with E-state index in [1.165, 1.54) is 11.1 Å². The lowest BCUT2D eigenvalue weighted by Gasteiger charge is -2.27. The van der Waals surface area contributed by atoms with E-state index in [0.717, 1.165) is 30.6 Å². The Balaban J connectivity index is 1.49. The number of anilines is 1. The highest BCUT2D eigenvalue weighted by Crippen LogP contribution is 2.35. The van der Waals surface area contributed by atoms with Gasteiger partial charge < -0.3 is 15.0 Å². The molecule has 1 atom stereocenters. The molecule has 0 bridgehead atoms. The van der Waals surface area contributed by atoms with Crippen molar-refractivity contribution in [3.8, 4) is 0 Å². The molecular weight excluding hydrogens is 344 g/mol. The van der Waals surface area contributed by atoms with E-state index in [4.69, 9.17) is 4.74 Å². The molecule has 4 rings (SSSR count). The molecule has 7 nitrogen and oxygen atoms in total. The number of amides is 2. The van der Waals surface area contributed by atoms with Gasteiger partial charge in [0.25, 0.3) is 0 Å². The highest BCUT2D eigenvalue weighted by molar-refractivity contribution is 5.91. The van der Waals surface area contributed by atoms with Crippen molar-refractivity contribution in [3.05, 3.63) is 47.2 Å². The number of nitrogens with one attached hydrogen (secondary N) is 1. The first-order valence-electron chi connectivity index (χ1n) is 9.47. The summed E-state index contributed by atoms with van der Waals surface area (Å²) in [6.07, 6.45) is 4.88. The summed E-state index contributed by atoms with van der Waals surface area (Å²) in [7, 11) is 0. The second-order valence-corrected chi connectivity index (χ2v) is 7.13. The van der Waals surface area contributed by atoms with Gasteiger partial charge in [-0.1, -0.05) is 24.3 Å². The van der Waals surface area contributed by atoms with Gasteiger partial charge in [-0.3, -0.25) is 4.79 Å². The fraction of sp³-hybridized carbons (Fsp3) is 0.450. The Kier molecular flexibility index (Phi) is 4.83. The Hall–Kier alpha value is -2.83. The van der Waals surface area contributed by atoms with E-state index in [2.05, 4.69) is 34.7 Å². The maximum absolute atomic E-state index is 12.5. The first-order valence-corrected chi connectivity index (χ1v) is 9.47. The highest BCUT2D eigenvalue weighted by atomic mass is 16.6. The van der Waals surface area contributed by atoms with Crippen LogP contribution in [0, 0.1) is 6.92 Å². The van der Waals surface area contributed by atoms with Crippen LogP contribution in [0.1, 0.15) is 42.0 Å². The maximum atomic E-state index is 12.5. The summed E-state index contributed by atoms with van der Waals surface area (Å²) in [5.74, 6) is 0.620. The van der Waals surface area contributed by atoms with Crippen molar-refractivity contribution in [2.75, 3.05) is 25.0 Å². The molecule has 1 aliphatic carbocycles. The molecule has 7 heteroatoms. The lowest BCUT2D eigenvalue weighted by molar-refractivity contribution is -0.116. The van der Waals surface area contributed by atoms with Crippen LogP contribution in [0.25, 0.3) is 0 Å². The Labute approximate surface area is 158 Å². The third-order valence-electron chi connectivity index (χ3n) is 5.32. The molecule has 2 amide bonds. The molecule has 2 heterocycles. The number of ether oxygens (including phenoxy) is 1. The zero-order chi connectivity index (χ0) is 18.8. The van der Waals surface area contributed by atoms with Gasteiger partial charge in [-0.25, -0.2) is 9.48 Å². The van der Waals surface area contributed by atoms with E-state index < -0.39 is 0 Å². The second-order valence-electron chi connectivity index (χ2n) is 7.13. The van der Waals surface area contributed by atoms with Gasteiger partial charge in [0.1, 0.15) is 12.4 Å². The van der Waals surface area contributed by atoms with Crippen molar-refractivity contribution in [3.63, 3.8) is 0 Å². The normalized spacial score (nSPS) is 18.9. The molecule has 142 valence electrons. The van der Waals surface area contributed by atoms with Crippen LogP contribution in [0.3, 0.4) is 0 Å². The van der Waals surface area contributed by atoms with Crippen molar-refractivity contribution >= 4 is 17.8 Å². The van der Waals surface area contributed by atoms with Crippen LogP contribution in [-0.4, -0.2) is 46.4 Å². The van der Waals surface area contributed by atoms with Gasteiger partial charge in [0.2, 0.25) is 5.91 Å². The lowest BCUT2D eigenvalue weighted by Crippen LogP contribution is -2.29. The number of benzene rings is 1. The number of fused-ring (bicyclic) bond motifs is 1. The molecule has 1 unspecified atom stereocenters. The van der Waals surface area contributed by atoms with Crippen LogP contribution < -0.4 is 5.32 Å². The first kappa shape index (κ1) is 17.6. The van der Waals surface area contributed by atoms with Gasteiger partial charge in [-0.15, -0.1) is 0 Å². The number of carbonyl (C=O) groups is 2. The Morgan fingerprint density at radius 3 is 3.04 bits per heavy atom. The monoisotopic (exact) mass is 368 g/mol. The van der Waals surface area contributed by atoms with E-state index in [1.54, 1.807) is 11.1 Å². The van der Waals surface area contributed by atoms with E-state index in [9.17, 15) is 9.59 Å². The zero-order valence-electron chi connectivity index (χ0n) is 15.5. The van der Waals surface area contributed by atoms with Crippen LogP contribution in [0.15, 0.2) is 30.5 Å². The molecule has 1 fully saturated rings. The molecular formula is C20H24N4O3. The van der Waals surface area contributed by atoms with Gasteiger partial charge in [0.15, 0.2) is 0 Å². The Morgan fingerprint density at radius 2 is 2.22 bits per heavy atom. The molecule has 0 spiro atoms. The predicted molar refractivity (Wildman–Crippen MR) is 101 cm³/mol. The van der Waals surface area contributed by atoms with Gasteiger partial charge in [-0.05, 0) is 37.3 Å². The minimum atomic E-state index is -0.345. The number of hydrogen-bond donors (Lipinski definition) is 1. The van der Waals surface area contributed by atoms with Crippen molar-refractivity contribution in [1.29, 1.82) is 0 Å². The van der Waals surface area contributed by atoms with E-state index in [1.807, 2.05) is 11.6 Å². The number of hydrogen-bond acceptors (Lipinski definition) is 4. The first-order chi connectivity index (χ1) is 13.1. The topological polar surface area (TPSA) is 76.5 Å². The summed E-state index contributed by atoms with van der Waals surface area (Å²) in [6, 6.07) is 8.58. The van der Waals surface area contributed by atoms with Gasteiger partial charge in [-0.2, -0.15) is 5.10 Å². The summed E-state index contributed by atoms with van der Waals surface area (Å²) < 4.78 is 6.84. The third kappa shape index (κ3) is 3.54. The summed E-state index contributed by atoms with van der Waals surface area (Å²) in [5.41, 5.74) is 3.57. The van der Waals surface area contributed by atoms with Gasteiger partial charge in [0, 0.05) is 18.5 Å². The van der Waals surface area contributed by atoms with E-state index in [-0.39, 0.29) is 24.5 Å². The number of carbonyl (C=O) groups excluding carboxylic acids is 2. The largest absolute Gasteiger partial charge is 0.448 e. The molecule has 0 saturated carbocycles. The molecule has 1 aliphatic heterocycles. The fourth-order valence-electron chi connectivity index (χ4n) is 3.88. The number of cyclic esters (lactones) is 1. The Bertz CT molecular complexity index is 861. The molecule has 2 aliphatic rings. The highest BCUT2D eigenvalue weighted by Gasteiger charge is 2.26. The minimum Gasteiger partial charge on any atom is -0.448 e. The van der Waals surface area contributed by atoms with E-state index >= 15 is 0 Å². The van der Waals surface area contributed by atoms with Crippen LogP contribution >= 0.6 is 0 Å². The molecule has 1 aromatic carbocycles. The summed E-state index contributed by atoms with van der Waals surface area (Å²) in [4.78, 5) is 25.5. The van der Waals surface area contributed by atoms with Gasteiger partial charge in [0.05, 0.1) is 18.8 Å². The zero-order valence-corrected chi connectivity index (χ0v) is 15.5. The summed E-state index contributed by atoms with van der Waals surface area (Å²) in [5, 5.41) is 7.57. The van der Waals surface area contributed by atoms with Crippen molar-refractivity contribution in [1.82, 2.24) is 14.7 Å². The standard InChI is InChI=1S/C20H24N4O3/c1-14-13-21-24(17-8-4-6-15-5-2-3-7-16(15)17)19(14)22-18(25)9-10-23-11-12-27-20(23)26/h2-3,5,7,13,17H,4,6,8-12H2,1H3,(H,22,25). The van der Waals surface area contributed by atoms with Crippen LogP contribution in [0.5, 0.6) is 0 Å². The number of aryl methyl sites for hydroxylation is 2.